The van der Waals surface area contributed by atoms with E-state index < -0.39 is 0 Å². The lowest BCUT2D eigenvalue weighted by atomic mass is 10.1. The number of hydrogen-bond donors (Lipinski definition) is 2. The van der Waals surface area contributed by atoms with E-state index in [0.717, 1.165) is 15.7 Å². The van der Waals surface area contributed by atoms with E-state index in [9.17, 15) is 9.90 Å². The summed E-state index contributed by atoms with van der Waals surface area (Å²) in [4.78, 5) is 11.9. The highest BCUT2D eigenvalue weighted by molar-refractivity contribution is 14.1. The molecule has 0 aromatic heterocycles. The van der Waals surface area contributed by atoms with Gasteiger partial charge in [-0.1, -0.05) is 34.1 Å². The fourth-order valence-electron chi connectivity index (χ4n) is 2.03. The van der Waals surface area contributed by atoms with Gasteiger partial charge in [0.05, 0.1) is 15.5 Å². The number of para-hydroxylation sites is 1. The maximum atomic E-state index is 11.9. The minimum atomic E-state index is -0.286. The third-order valence-electron chi connectivity index (χ3n) is 3.06. The lowest BCUT2D eigenvalue weighted by Gasteiger charge is -2.01. The van der Waals surface area contributed by atoms with Crippen LogP contribution in [0.4, 0.5) is 5.69 Å². The van der Waals surface area contributed by atoms with E-state index in [-0.39, 0.29) is 17.4 Å². The third-order valence-corrected chi connectivity index (χ3v) is 4.34. The summed E-state index contributed by atoms with van der Waals surface area (Å²) in [5.41, 5.74) is 2.23. The Bertz CT molecular complexity index is 834. The van der Waals surface area contributed by atoms with Crippen molar-refractivity contribution in [3.05, 3.63) is 55.6 Å². The normalized spacial score (nSPS) is 15.4. The van der Waals surface area contributed by atoms with E-state index in [0.29, 0.717) is 9.13 Å². The minimum Gasteiger partial charge on any atom is -0.506 e. The van der Waals surface area contributed by atoms with Crippen LogP contribution in [-0.2, 0) is 4.79 Å². The number of carbonyl (C=O) groups excluding carboxylic acids is 1. The van der Waals surface area contributed by atoms with Gasteiger partial charge in [0.15, 0.2) is 5.71 Å². The number of nitrogens with zero attached hydrogens (tertiary/aromatic N) is 2. The predicted molar refractivity (Wildman–Crippen MR) is 97.7 cm³/mol. The molecular weight excluding hydrogens is 461 g/mol. The molecule has 0 saturated heterocycles. The number of fused-ring (bicyclic) bond motifs is 1. The second-order valence-corrected chi connectivity index (χ2v) is 6.60. The van der Waals surface area contributed by atoms with E-state index >= 15 is 0 Å². The van der Waals surface area contributed by atoms with Crippen LogP contribution < -0.4 is 5.32 Å². The first kappa shape index (κ1) is 15.2. The van der Waals surface area contributed by atoms with Crippen molar-refractivity contribution >= 4 is 62.0 Å². The highest BCUT2D eigenvalue weighted by Gasteiger charge is 2.25. The standard InChI is InChI=1S/C15H9BrIN3O2/c16-9-5-8(14(21)11(17)6-9)7-18-20-13-10-3-1-2-4-12(10)19-15(13)22/h1-7,21H,(H,19,20,22). The number of carbonyl (C=O) groups is 1. The Kier molecular flexibility index (Phi) is 4.25. The molecule has 0 spiro atoms. The summed E-state index contributed by atoms with van der Waals surface area (Å²) in [7, 11) is 0. The zero-order valence-corrected chi connectivity index (χ0v) is 14.8. The molecule has 7 heteroatoms. The first-order chi connectivity index (χ1) is 10.6. The summed E-state index contributed by atoms with van der Waals surface area (Å²) in [6, 6.07) is 10.8. The van der Waals surface area contributed by atoms with E-state index in [1.165, 1.54) is 6.21 Å². The van der Waals surface area contributed by atoms with Gasteiger partial charge in [-0.15, -0.1) is 5.10 Å². The second-order valence-electron chi connectivity index (χ2n) is 4.52. The molecule has 1 amide bonds. The van der Waals surface area contributed by atoms with Gasteiger partial charge in [0.2, 0.25) is 0 Å². The Morgan fingerprint density at radius 1 is 1.27 bits per heavy atom. The van der Waals surface area contributed by atoms with Crippen LogP contribution in [0.25, 0.3) is 0 Å². The molecule has 110 valence electrons. The van der Waals surface area contributed by atoms with E-state index in [2.05, 4.69) is 31.4 Å². The van der Waals surface area contributed by atoms with Gasteiger partial charge >= 0.3 is 0 Å². The van der Waals surface area contributed by atoms with Crippen molar-refractivity contribution in [1.82, 2.24) is 0 Å². The van der Waals surface area contributed by atoms with Gasteiger partial charge in [-0.05, 0) is 40.8 Å². The molecule has 3 rings (SSSR count). The van der Waals surface area contributed by atoms with Crippen LogP contribution >= 0.6 is 38.5 Å². The molecule has 2 aromatic carbocycles. The lowest BCUT2D eigenvalue weighted by Crippen LogP contribution is -2.13. The van der Waals surface area contributed by atoms with Gasteiger partial charge in [-0.3, -0.25) is 4.79 Å². The summed E-state index contributed by atoms with van der Waals surface area (Å²) in [5, 5.41) is 20.6. The van der Waals surface area contributed by atoms with Crippen molar-refractivity contribution in [2.45, 2.75) is 0 Å². The molecular formula is C15H9BrIN3O2. The monoisotopic (exact) mass is 469 g/mol. The molecule has 0 unspecified atom stereocenters. The number of anilines is 1. The van der Waals surface area contributed by atoms with Crippen LogP contribution in [0.1, 0.15) is 11.1 Å². The second kappa shape index (κ2) is 6.17. The number of nitrogens with one attached hydrogen (secondary N) is 1. The van der Waals surface area contributed by atoms with Crippen molar-refractivity contribution in [2.24, 2.45) is 10.2 Å². The molecule has 1 aliphatic rings. The predicted octanol–water partition coefficient (Wildman–Crippen LogP) is 3.53. The van der Waals surface area contributed by atoms with E-state index in [4.69, 9.17) is 0 Å². The summed E-state index contributed by atoms with van der Waals surface area (Å²) in [6.45, 7) is 0. The molecule has 22 heavy (non-hydrogen) atoms. The summed E-state index contributed by atoms with van der Waals surface area (Å²) < 4.78 is 1.53. The number of phenols is 1. The lowest BCUT2D eigenvalue weighted by molar-refractivity contribution is -0.110. The topological polar surface area (TPSA) is 74.0 Å². The SMILES string of the molecule is O=C1Nc2ccccc2/C1=N/N=Cc1cc(Br)cc(I)c1O. The highest BCUT2D eigenvalue weighted by atomic mass is 127. The van der Waals surface area contributed by atoms with Crippen molar-refractivity contribution in [2.75, 3.05) is 5.32 Å². The zero-order valence-electron chi connectivity index (χ0n) is 11.0. The summed E-state index contributed by atoms with van der Waals surface area (Å²) in [5.74, 6) is -0.157. The van der Waals surface area contributed by atoms with Gasteiger partial charge in [0.25, 0.3) is 5.91 Å². The Morgan fingerprint density at radius 2 is 2.05 bits per heavy atom. The van der Waals surface area contributed by atoms with Gasteiger partial charge in [-0.2, -0.15) is 5.10 Å². The van der Waals surface area contributed by atoms with E-state index in [1.807, 2.05) is 40.8 Å². The number of amides is 1. The average molecular weight is 470 g/mol. The number of rotatable bonds is 2. The fraction of sp³-hybridized carbons (Fsp3) is 0. The zero-order chi connectivity index (χ0) is 15.7. The van der Waals surface area contributed by atoms with Gasteiger partial charge in [0.1, 0.15) is 5.75 Å². The first-order valence-electron chi connectivity index (χ1n) is 6.26. The molecule has 0 bridgehead atoms. The summed E-state index contributed by atoms with van der Waals surface area (Å²) in [6.07, 6.45) is 1.42. The Hall–Kier alpha value is -1.74. The van der Waals surface area contributed by atoms with Crippen molar-refractivity contribution in [1.29, 1.82) is 0 Å². The van der Waals surface area contributed by atoms with E-state index in [1.54, 1.807) is 18.2 Å². The van der Waals surface area contributed by atoms with Crippen molar-refractivity contribution in [3.63, 3.8) is 0 Å². The van der Waals surface area contributed by atoms with Gasteiger partial charge in [0, 0.05) is 15.6 Å². The Morgan fingerprint density at radius 3 is 2.86 bits per heavy atom. The molecule has 1 aliphatic heterocycles. The number of halogens is 2. The molecule has 0 saturated carbocycles. The van der Waals surface area contributed by atoms with Crippen LogP contribution in [0.3, 0.4) is 0 Å². The quantitative estimate of drug-likeness (QED) is 0.401. The third kappa shape index (κ3) is 2.91. The summed E-state index contributed by atoms with van der Waals surface area (Å²) >= 11 is 5.39. The largest absolute Gasteiger partial charge is 0.506 e. The molecule has 2 N–H and O–H groups in total. The highest BCUT2D eigenvalue weighted by Crippen LogP contribution is 2.27. The van der Waals surface area contributed by atoms with Crippen LogP contribution in [-0.4, -0.2) is 22.9 Å². The number of hydrogen-bond acceptors (Lipinski definition) is 4. The fourth-order valence-corrected chi connectivity index (χ4v) is 3.59. The van der Waals surface area contributed by atoms with Crippen LogP contribution in [0, 0.1) is 3.57 Å². The average Bonchev–Trinajstić information content (AvgIpc) is 2.80. The maximum Gasteiger partial charge on any atom is 0.276 e. The maximum absolute atomic E-state index is 11.9. The molecule has 1 heterocycles. The molecule has 0 radical (unpaired) electrons. The number of phenolic OH excluding ortho intramolecular Hbond substituents is 1. The van der Waals surface area contributed by atoms with Gasteiger partial charge in [-0.25, -0.2) is 0 Å². The molecule has 0 fully saturated rings. The Balaban J connectivity index is 1.93. The number of benzene rings is 2. The van der Waals surface area contributed by atoms with Crippen LogP contribution in [0.2, 0.25) is 0 Å². The molecule has 0 aliphatic carbocycles. The number of aromatic hydroxyl groups is 1. The van der Waals surface area contributed by atoms with Crippen molar-refractivity contribution < 1.29 is 9.90 Å². The molecule has 2 aromatic rings. The minimum absolute atomic E-state index is 0.129. The molecule has 5 nitrogen and oxygen atoms in total. The van der Waals surface area contributed by atoms with Crippen LogP contribution in [0.5, 0.6) is 5.75 Å². The van der Waals surface area contributed by atoms with Crippen molar-refractivity contribution in [3.8, 4) is 5.75 Å². The van der Waals surface area contributed by atoms with Gasteiger partial charge < -0.3 is 10.4 Å². The Labute approximate surface area is 148 Å². The molecule has 0 atom stereocenters. The smallest absolute Gasteiger partial charge is 0.276 e. The van der Waals surface area contributed by atoms with Crippen LogP contribution in [0.15, 0.2) is 51.1 Å². The first-order valence-corrected chi connectivity index (χ1v) is 8.13.